The molecule has 1 aromatic carbocycles. The Bertz CT molecular complexity index is 511. The number of aliphatic carboxylic acids is 1. The second-order valence-electron chi connectivity index (χ2n) is 5.49. The van der Waals surface area contributed by atoms with Gasteiger partial charge in [-0.15, -0.1) is 0 Å². The molecule has 2 N–H and O–H groups in total. The zero-order valence-corrected chi connectivity index (χ0v) is 12.3. The maximum absolute atomic E-state index is 12.9. The van der Waals surface area contributed by atoms with Crippen molar-refractivity contribution in [3.8, 4) is 0 Å². The Morgan fingerprint density at radius 3 is 2.50 bits per heavy atom. The minimum absolute atomic E-state index is 0.0814. The van der Waals surface area contributed by atoms with Crippen LogP contribution in [0.1, 0.15) is 43.7 Å². The molecule has 120 valence electrons. The standard InChI is InChI=1S/C16H20FNO4/c17-12-7-5-11(6-8-12)14(9-16(20)21)18-15(19)10-22-13-3-1-2-4-13/h5-8,13-14H,1-4,9-10H2,(H,18,19)(H,20,21). The average Bonchev–Trinajstić information content (AvgIpc) is 2.98. The molecule has 0 bridgehead atoms. The summed E-state index contributed by atoms with van der Waals surface area (Å²) in [5.41, 5.74) is 0.554. The lowest BCUT2D eigenvalue weighted by atomic mass is 10.0. The zero-order valence-electron chi connectivity index (χ0n) is 12.3. The van der Waals surface area contributed by atoms with Crippen LogP contribution < -0.4 is 5.32 Å². The Kier molecular flexibility index (Phi) is 5.89. The molecule has 2 rings (SSSR count). The fraction of sp³-hybridized carbons (Fsp3) is 0.500. The Morgan fingerprint density at radius 2 is 1.91 bits per heavy atom. The van der Waals surface area contributed by atoms with E-state index >= 15 is 0 Å². The third-order valence-electron chi connectivity index (χ3n) is 3.74. The Labute approximate surface area is 128 Å². The van der Waals surface area contributed by atoms with Crippen LogP contribution in [0.15, 0.2) is 24.3 Å². The van der Waals surface area contributed by atoms with Gasteiger partial charge in [0, 0.05) is 0 Å². The van der Waals surface area contributed by atoms with Crippen LogP contribution in [0.4, 0.5) is 4.39 Å². The molecule has 0 radical (unpaired) electrons. The van der Waals surface area contributed by atoms with Gasteiger partial charge in [0.1, 0.15) is 12.4 Å². The van der Waals surface area contributed by atoms with Crippen LogP contribution >= 0.6 is 0 Å². The molecule has 6 heteroatoms. The molecule has 0 spiro atoms. The van der Waals surface area contributed by atoms with Crippen LogP contribution in [0.5, 0.6) is 0 Å². The minimum atomic E-state index is -1.04. The third-order valence-corrected chi connectivity index (χ3v) is 3.74. The summed E-state index contributed by atoms with van der Waals surface area (Å²) in [6.45, 7) is -0.0814. The van der Waals surface area contributed by atoms with Crippen LogP contribution in [-0.2, 0) is 14.3 Å². The van der Waals surface area contributed by atoms with Gasteiger partial charge in [-0.2, -0.15) is 0 Å². The van der Waals surface area contributed by atoms with Crippen LogP contribution in [0.3, 0.4) is 0 Å². The van der Waals surface area contributed by atoms with Crippen molar-refractivity contribution >= 4 is 11.9 Å². The highest BCUT2D eigenvalue weighted by molar-refractivity contribution is 5.78. The van der Waals surface area contributed by atoms with E-state index in [1.165, 1.54) is 24.3 Å². The number of carbonyl (C=O) groups excluding carboxylic acids is 1. The summed E-state index contributed by atoms with van der Waals surface area (Å²) in [6, 6.07) is 4.73. The normalized spacial score (nSPS) is 16.4. The van der Waals surface area contributed by atoms with Gasteiger partial charge >= 0.3 is 5.97 Å². The highest BCUT2D eigenvalue weighted by Crippen LogP contribution is 2.21. The van der Waals surface area contributed by atoms with E-state index in [9.17, 15) is 14.0 Å². The molecule has 1 aliphatic carbocycles. The molecular formula is C16H20FNO4. The molecule has 1 saturated carbocycles. The van der Waals surface area contributed by atoms with Crippen LogP contribution in [0, 0.1) is 5.82 Å². The number of hydrogen-bond donors (Lipinski definition) is 2. The second-order valence-corrected chi connectivity index (χ2v) is 5.49. The van der Waals surface area contributed by atoms with Crippen molar-refractivity contribution in [3.63, 3.8) is 0 Å². The van der Waals surface area contributed by atoms with E-state index in [1.54, 1.807) is 0 Å². The molecule has 1 aliphatic rings. The average molecular weight is 309 g/mol. The summed E-state index contributed by atoms with van der Waals surface area (Å²) >= 11 is 0. The van der Waals surface area contributed by atoms with E-state index in [1.807, 2.05) is 0 Å². The van der Waals surface area contributed by atoms with Gasteiger partial charge in [-0.3, -0.25) is 9.59 Å². The Balaban J connectivity index is 1.91. The first kappa shape index (κ1) is 16.4. The van der Waals surface area contributed by atoms with Crippen molar-refractivity contribution in [1.29, 1.82) is 0 Å². The molecule has 0 aliphatic heterocycles. The number of amides is 1. The van der Waals surface area contributed by atoms with Gasteiger partial charge in [-0.25, -0.2) is 4.39 Å². The molecule has 0 aromatic heterocycles. The molecule has 1 amide bonds. The van der Waals surface area contributed by atoms with Crippen molar-refractivity contribution in [1.82, 2.24) is 5.32 Å². The lowest BCUT2D eigenvalue weighted by molar-refractivity contribution is -0.138. The van der Waals surface area contributed by atoms with Crippen molar-refractivity contribution in [2.45, 2.75) is 44.2 Å². The van der Waals surface area contributed by atoms with Gasteiger partial charge in [-0.1, -0.05) is 25.0 Å². The Hall–Kier alpha value is -1.95. The van der Waals surface area contributed by atoms with Gasteiger partial charge in [0.05, 0.1) is 18.6 Å². The van der Waals surface area contributed by atoms with Crippen LogP contribution in [0.2, 0.25) is 0 Å². The van der Waals surface area contributed by atoms with Gasteiger partial charge < -0.3 is 15.2 Å². The highest BCUT2D eigenvalue weighted by atomic mass is 19.1. The summed E-state index contributed by atoms with van der Waals surface area (Å²) in [4.78, 5) is 22.9. The fourth-order valence-corrected chi connectivity index (χ4v) is 2.61. The summed E-state index contributed by atoms with van der Waals surface area (Å²) in [5, 5.41) is 11.6. The molecular weight excluding hydrogens is 289 g/mol. The molecule has 5 nitrogen and oxygen atoms in total. The number of halogens is 1. The van der Waals surface area contributed by atoms with Crippen molar-refractivity contribution < 1.29 is 23.8 Å². The first-order chi connectivity index (χ1) is 10.5. The predicted octanol–water partition coefficient (Wildman–Crippen LogP) is 2.42. The number of ether oxygens (including phenoxy) is 1. The number of benzene rings is 1. The van der Waals surface area contributed by atoms with E-state index < -0.39 is 17.8 Å². The molecule has 1 atom stereocenters. The van der Waals surface area contributed by atoms with E-state index in [-0.39, 0.29) is 25.0 Å². The quantitative estimate of drug-likeness (QED) is 0.811. The summed E-state index contributed by atoms with van der Waals surface area (Å²) in [6.07, 6.45) is 4.01. The first-order valence-corrected chi connectivity index (χ1v) is 7.43. The largest absolute Gasteiger partial charge is 0.481 e. The number of carboxylic acid groups (broad SMARTS) is 1. The van der Waals surface area contributed by atoms with Crippen molar-refractivity contribution in [3.05, 3.63) is 35.6 Å². The molecule has 1 unspecified atom stereocenters. The number of carbonyl (C=O) groups is 2. The minimum Gasteiger partial charge on any atom is -0.481 e. The van der Waals surface area contributed by atoms with E-state index in [4.69, 9.17) is 9.84 Å². The van der Waals surface area contributed by atoms with Gasteiger partial charge in [0.2, 0.25) is 5.91 Å². The topological polar surface area (TPSA) is 75.6 Å². The molecule has 1 fully saturated rings. The summed E-state index contributed by atoms with van der Waals surface area (Å²) < 4.78 is 18.5. The van der Waals surface area contributed by atoms with E-state index in [0.29, 0.717) is 5.56 Å². The molecule has 1 aromatic rings. The van der Waals surface area contributed by atoms with Gasteiger partial charge in [-0.05, 0) is 30.5 Å². The molecule has 0 heterocycles. The predicted molar refractivity (Wildman–Crippen MR) is 77.7 cm³/mol. The lowest BCUT2D eigenvalue weighted by Gasteiger charge is -2.18. The fourth-order valence-electron chi connectivity index (χ4n) is 2.61. The maximum atomic E-state index is 12.9. The van der Waals surface area contributed by atoms with Crippen molar-refractivity contribution in [2.24, 2.45) is 0 Å². The molecule has 22 heavy (non-hydrogen) atoms. The monoisotopic (exact) mass is 309 g/mol. The van der Waals surface area contributed by atoms with E-state index in [2.05, 4.69) is 5.32 Å². The zero-order chi connectivity index (χ0) is 15.9. The summed E-state index contributed by atoms with van der Waals surface area (Å²) in [7, 11) is 0. The van der Waals surface area contributed by atoms with Crippen LogP contribution in [-0.4, -0.2) is 29.7 Å². The number of hydrogen-bond acceptors (Lipinski definition) is 3. The van der Waals surface area contributed by atoms with Crippen LogP contribution in [0.25, 0.3) is 0 Å². The number of carboxylic acids is 1. The maximum Gasteiger partial charge on any atom is 0.305 e. The van der Waals surface area contributed by atoms with Gasteiger partial charge in [0.25, 0.3) is 0 Å². The SMILES string of the molecule is O=C(O)CC(NC(=O)COC1CCCC1)c1ccc(F)cc1. The second kappa shape index (κ2) is 7.89. The number of nitrogens with one attached hydrogen (secondary N) is 1. The smallest absolute Gasteiger partial charge is 0.305 e. The highest BCUT2D eigenvalue weighted by Gasteiger charge is 2.20. The van der Waals surface area contributed by atoms with E-state index in [0.717, 1.165) is 25.7 Å². The van der Waals surface area contributed by atoms with Gasteiger partial charge in [0.15, 0.2) is 0 Å². The number of rotatable bonds is 7. The summed E-state index contributed by atoms with van der Waals surface area (Å²) in [5.74, 6) is -1.80. The third kappa shape index (κ3) is 5.11. The first-order valence-electron chi connectivity index (χ1n) is 7.43. The Morgan fingerprint density at radius 1 is 1.27 bits per heavy atom. The lowest BCUT2D eigenvalue weighted by Crippen LogP contribution is -2.34. The molecule has 0 saturated heterocycles. The van der Waals surface area contributed by atoms with Crippen molar-refractivity contribution in [2.75, 3.05) is 6.61 Å².